The number of nitrogens with two attached hydrogens (primary N) is 1. The summed E-state index contributed by atoms with van der Waals surface area (Å²) in [5, 5.41) is 7.82. The fourth-order valence-electron chi connectivity index (χ4n) is 1.43. The largest absolute Gasteiger partial charge is 0.381 e. The smallest absolute Gasteiger partial charge is 0.169 e. The van der Waals surface area contributed by atoms with Gasteiger partial charge in [-0.2, -0.15) is 0 Å². The van der Waals surface area contributed by atoms with E-state index < -0.39 is 0 Å². The van der Waals surface area contributed by atoms with Crippen LogP contribution in [0.1, 0.15) is 25.5 Å². The van der Waals surface area contributed by atoms with E-state index in [1.807, 2.05) is 13.8 Å². The average Bonchev–Trinajstić information content (AvgIpc) is 2.61. The molecule has 2 rings (SSSR count). The molecule has 0 aliphatic heterocycles. The molecule has 0 atom stereocenters. The van der Waals surface area contributed by atoms with Gasteiger partial charge < -0.3 is 5.73 Å². The lowest BCUT2D eigenvalue weighted by Crippen LogP contribution is -2.06. The zero-order valence-corrected chi connectivity index (χ0v) is 8.62. The van der Waals surface area contributed by atoms with Crippen molar-refractivity contribution in [2.24, 2.45) is 0 Å². The van der Waals surface area contributed by atoms with Crippen LogP contribution < -0.4 is 5.73 Å². The summed E-state index contributed by atoms with van der Waals surface area (Å²) in [5.74, 6) is 0.703. The lowest BCUT2D eigenvalue weighted by atomic mass is 10.1. The van der Waals surface area contributed by atoms with E-state index in [9.17, 15) is 0 Å². The average molecular weight is 204 g/mol. The highest BCUT2D eigenvalue weighted by atomic mass is 15.4. The second-order valence-corrected chi connectivity index (χ2v) is 3.52. The van der Waals surface area contributed by atoms with Gasteiger partial charge in [0.25, 0.3) is 0 Å². The third-order valence-corrected chi connectivity index (χ3v) is 2.07. The van der Waals surface area contributed by atoms with Crippen molar-refractivity contribution >= 4 is 5.82 Å². The van der Waals surface area contributed by atoms with Gasteiger partial charge in [0.2, 0.25) is 0 Å². The molecule has 0 saturated carbocycles. The molecule has 2 aromatic rings. The second-order valence-electron chi connectivity index (χ2n) is 3.52. The first-order valence-corrected chi connectivity index (χ1v) is 4.66. The van der Waals surface area contributed by atoms with Gasteiger partial charge in [-0.3, -0.25) is 0 Å². The maximum absolute atomic E-state index is 5.74. The van der Waals surface area contributed by atoms with Crippen molar-refractivity contribution in [2.75, 3.05) is 5.73 Å². The molecule has 0 aliphatic rings. The van der Waals surface area contributed by atoms with Crippen LogP contribution in [0.4, 0.5) is 5.82 Å². The third-order valence-electron chi connectivity index (χ3n) is 2.07. The Balaban J connectivity index is 2.54. The number of nitrogens with zero attached hydrogens (tertiary/aromatic N) is 5. The molecule has 6 heteroatoms. The molecule has 0 aliphatic carbocycles. The van der Waals surface area contributed by atoms with E-state index in [1.54, 1.807) is 17.1 Å². The summed E-state index contributed by atoms with van der Waals surface area (Å²) >= 11 is 0. The summed E-state index contributed by atoms with van der Waals surface area (Å²) in [6.07, 6.45) is 4.82. The first-order chi connectivity index (χ1) is 7.20. The van der Waals surface area contributed by atoms with Gasteiger partial charge in [-0.25, -0.2) is 14.6 Å². The van der Waals surface area contributed by atoms with Crippen LogP contribution in [0.25, 0.3) is 5.69 Å². The zero-order valence-electron chi connectivity index (χ0n) is 8.62. The van der Waals surface area contributed by atoms with Crippen LogP contribution in [0.3, 0.4) is 0 Å². The van der Waals surface area contributed by atoms with E-state index in [0.717, 1.165) is 11.4 Å². The van der Waals surface area contributed by atoms with Gasteiger partial charge in [-0.05, 0) is 5.92 Å². The quantitative estimate of drug-likeness (QED) is 0.781. The molecule has 0 bridgehead atoms. The molecule has 0 unspecified atom stereocenters. The van der Waals surface area contributed by atoms with E-state index in [0.29, 0.717) is 5.82 Å². The highest BCUT2D eigenvalue weighted by Crippen LogP contribution is 2.21. The summed E-state index contributed by atoms with van der Waals surface area (Å²) in [7, 11) is 0. The standard InChI is InChI=1S/C9H12N6/c1-6(2)8-9(10)13-14-15(8)7-3-11-5-12-4-7/h3-6H,10H2,1-2H3. The summed E-state index contributed by atoms with van der Waals surface area (Å²) in [4.78, 5) is 7.86. The van der Waals surface area contributed by atoms with Crippen LogP contribution in [0, 0.1) is 0 Å². The highest BCUT2D eigenvalue weighted by Gasteiger charge is 2.14. The first-order valence-electron chi connectivity index (χ1n) is 4.66. The van der Waals surface area contributed by atoms with Gasteiger partial charge in [0.1, 0.15) is 12.0 Å². The molecule has 0 fully saturated rings. The van der Waals surface area contributed by atoms with Crippen molar-refractivity contribution in [3.63, 3.8) is 0 Å². The number of nitrogen functional groups attached to an aromatic ring is 1. The van der Waals surface area contributed by atoms with Gasteiger partial charge >= 0.3 is 0 Å². The second kappa shape index (κ2) is 3.64. The number of aromatic nitrogens is 5. The number of rotatable bonds is 2. The van der Waals surface area contributed by atoms with E-state index in [1.165, 1.54) is 6.33 Å². The Kier molecular flexibility index (Phi) is 2.32. The number of hydrogen-bond acceptors (Lipinski definition) is 5. The minimum absolute atomic E-state index is 0.250. The SMILES string of the molecule is CC(C)c1c(N)nnn1-c1cncnc1. The summed E-state index contributed by atoms with van der Waals surface area (Å²) in [6.45, 7) is 4.07. The highest BCUT2D eigenvalue weighted by molar-refractivity contribution is 5.40. The van der Waals surface area contributed by atoms with Gasteiger partial charge in [-0.15, -0.1) is 5.10 Å². The Hall–Kier alpha value is -1.98. The van der Waals surface area contributed by atoms with Crippen molar-refractivity contribution in [3.8, 4) is 5.69 Å². The Labute approximate surface area is 87.2 Å². The first kappa shape index (κ1) is 9.57. The van der Waals surface area contributed by atoms with Crippen molar-refractivity contribution < 1.29 is 0 Å². The van der Waals surface area contributed by atoms with Crippen LogP contribution in [0.5, 0.6) is 0 Å². The van der Waals surface area contributed by atoms with E-state index >= 15 is 0 Å². The molecule has 0 spiro atoms. The molecule has 0 aromatic carbocycles. The van der Waals surface area contributed by atoms with Crippen LogP contribution in [-0.4, -0.2) is 25.0 Å². The van der Waals surface area contributed by atoms with Crippen molar-refractivity contribution in [1.82, 2.24) is 25.0 Å². The third kappa shape index (κ3) is 1.65. The number of anilines is 1. The lowest BCUT2D eigenvalue weighted by molar-refractivity contribution is 0.711. The monoisotopic (exact) mass is 204 g/mol. The molecule has 2 aromatic heterocycles. The van der Waals surface area contributed by atoms with Crippen LogP contribution >= 0.6 is 0 Å². The summed E-state index contributed by atoms with van der Waals surface area (Å²) in [6, 6.07) is 0. The van der Waals surface area contributed by atoms with Crippen LogP contribution in [0.2, 0.25) is 0 Å². The lowest BCUT2D eigenvalue weighted by Gasteiger charge is -2.08. The van der Waals surface area contributed by atoms with Gasteiger partial charge in [0, 0.05) is 0 Å². The van der Waals surface area contributed by atoms with E-state index in [2.05, 4.69) is 20.3 Å². The molecule has 6 nitrogen and oxygen atoms in total. The topological polar surface area (TPSA) is 82.5 Å². The summed E-state index contributed by atoms with van der Waals surface area (Å²) < 4.78 is 1.67. The van der Waals surface area contributed by atoms with Crippen LogP contribution in [0.15, 0.2) is 18.7 Å². The fraction of sp³-hybridized carbons (Fsp3) is 0.333. The molecule has 15 heavy (non-hydrogen) atoms. The van der Waals surface area contributed by atoms with Crippen molar-refractivity contribution in [2.45, 2.75) is 19.8 Å². The van der Waals surface area contributed by atoms with Gasteiger partial charge in [0.15, 0.2) is 5.82 Å². The zero-order chi connectivity index (χ0) is 10.8. The maximum Gasteiger partial charge on any atom is 0.169 e. The molecular formula is C9H12N6. The van der Waals surface area contributed by atoms with Gasteiger partial charge in [-0.1, -0.05) is 19.1 Å². The van der Waals surface area contributed by atoms with Gasteiger partial charge in [0.05, 0.1) is 18.1 Å². The molecular weight excluding hydrogens is 192 g/mol. The molecule has 2 N–H and O–H groups in total. The molecule has 2 heterocycles. The Bertz CT molecular complexity index is 447. The molecule has 78 valence electrons. The minimum atomic E-state index is 0.250. The Morgan fingerprint density at radius 2 is 1.93 bits per heavy atom. The normalized spacial score (nSPS) is 10.9. The molecule has 0 saturated heterocycles. The Morgan fingerprint density at radius 3 is 2.53 bits per heavy atom. The van der Waals surface area contributed by atoms with Crippen molar-refractivity contribution in [1.29, 1.82) is 0 Å². The van der Waals surface area contributed by atoms with Crippen LogP contribution in [-0.2, 0) is 0 Å². The summed E-state index contributed by atoms with van der Waals surface area (Å²) in [5.41, 5.74) is 7.39. The molecule has 0 amide bonds. The Morgan fingerprint density at radius 1 is 1.27 bits per heavy atom. The predicted molar refractivity (Wildman–Crippen MR) is 55.5 cm³/mol. The fourth-order valence-corrected chi connectivity index (χ4v) is 1.43. The van der Waals surface area contributed by atoms with Crippen molar-refractivity contribution in [3.05, 3.63) is 24.4 Å². The van der Waals surface area contributed by atoms with E-state index in [4.69, 9.17) is 5.73 Å². The molecule has 0 radical (unpaired) electrons. The number of hydrogen-bond donors (Lipinski definition) is 1. The minimum Gasteiger partial charge on any atom is -0.381 e. The predicted octanol–water partition coefficient (Wildman–Crippen LogP) is 0.763. The maximum atomic E-state index is 5.74. The van der Waals surface area contributed by atoms with E-state index in [-0.39, 0.29) is 5.92 Å².